The lowest BCUT2D eigenvalue weighted by molar-refractivity contribution is 0.590. The summed E-state index contributed by atoms with van der Waals surface area (Å²) in [6.07, 6.45) is 3.36. The Morgan fingerprint density at radius 1 is 1.41 bits per heavy atom. The fourth-order valence-electron chi connectivity index (χ4n) is 1.67. The third-order valence-corrected chi connectivity index (χ3v) is 3.00. The van der Waals surface area contributed by atoms with Gasteiger partial charge in [0.05, 0.1) is 28.7 Å². The highest BCUT2D eigenvalue weighted by Gasteiger charge is 2.15. The van der Waals surface area contributed by atoms with Crippen LogP contribution in [0.25, 0.3) is 0 Å². The normalized spacial score (nSPS) is 12.3. The molecular formula is C12H12ClN3S. The molecule has 0 spiro atoms. The van der Waals surface area contributed by atoms with E-state index in [1.54, 1.807) is 17.1 Å². The number of halogens is 1. The van der Waals surface area contributed by atoms with Crippen LogP contribution in [0.1, 0.15) is 11.5 Å². The van der Waals surface area contributed by atoms with Crippen molar-refractivity contribution in [3.8, 4) is 0 Å². The van der Waals surface area contributed by atoms with Crippen LogP contribution in [0.15, 0.2) is 42.7 Å². The maximum absolute atomic E-state index is 5.82. The third kappa shape index (κ3) is 3.05. The summed E-state index contributed by atoms with van der Waals surface area (Å²) in [6, 6.07) is 9.92. The predicted octanol–water partition coefficient (Wildman–Crippen LogP) is 2.61. The molecule has 0 saturated heterocycles. The molecule has 2 rings (SSSR count). The highest BCUT2D eigenvalue weighted by Crippen LogP contribution is 2.18. The van der Waals surface area contributed by atoms with Gasteiger partial charge < -0.3 is 5.73 Å². The minimum absolute atomic E-state index is 0.0258. The van der Waals surface area contributed by atoms with Crippen LogP contribution in [0.3, 0.4) is 0 Å². The molecule has 0 aliphatic carbocycles. The number of nitrogens with two attached hydrogens (primary N) is 1. The van der Waals surface area contributed by atoms with Crippen molar-refractivity contribution < 1.29 is 0 Å². The Hall–Kier alpha value is -1.39. The van der Waals surface area contributed by atoms with Crippen LogP contribution in [0.5, 0.6) is 0 Å². The van der Waals surface area contributed by atoms with Crippen molar-refractivity contribution in [2.75, 3.05) is 0 Å². The summed E-state index contributed by atoms with van der Waals surface area (Å²) in [7, 11) is 0. The van der Waals surface area contributed by atoms with E-state index in [9.17, 15) is 0 Å². The number of hydrogen-bond donors (Lipinski definition) is 1. The van der Waals surface area contributed by atoms with Crippen molar-refractivity contribution in [3.05, 3.63) is 53.3 Å². The Morgan fingerprint density at radius 3 is 2.65 bits per heavy atom. The van der Waals surface area contributed by atoms with Gasteiger partial charge in [-0.25, -0.2) is 0 Å². The molecule has 2 aromatic rings. The molecule has 1 aromatic carbocycles. The summed E-state index contributed by atoms with van der Waals surface area (Å²) in [6.45, 7) is 0.603. The second-order valence-corrected chi connectivity index (χ2v) is 4.65. The van der Waals surface area contributed by atoms with Gasteiger partial charge in [0.15, 0.2) is 0 Å². The van der Waals surface area contributed by atoms with Crippen molar-refractivity contribution in [2.45, 2.75) is 12.5 Å². The van der Waals surface area contributed by atoms with E-state index in [1.165, 1.54) is 0 Å². The van der Waals surface area contributed by atoms with Crippen LogP contribution >= 0.6 is 23.8 Å². The maximum atomic E-state index is 5.82. The number of thiocarbonyl (C=S) groups is 1. The zero-order valence-electron chi connectivity index (χ0n) is 9.08. The van der Waals surface area contributed by atoms with Gasteiger partial charge in [-0.1, -0.05) is 54.2 Å². The summed E-state index contributed by atoms with van der Waals surface area (Å²) >= 11 is 10.9. The highest BCUT2D eigenvalue weighted by atomic mass is 35.5. The van der Waals surface area contributed by atoms with Gasteiger partial charge in [-0.05, 0) is 5.56 Å². The van der Waals surface area contributed by atoms with E-state index in [0.717, 1.165) is 5.56 Å². The summed E-state index contributed by atoms with van der Waals surface area (Å²) in [5.74, 6) is -0.0258. The lowest BCUT2D eigenvalue weighted by Crippen LogP contribution is -2.24. The van der Waals surface area contributed by atoms with Crippen molar-refractivity contribution in [1.29, 1.82) is 0 Å². The Balaban J connectivity index is 2.22. The molecule has 0 aliphatic rings. The van der Waals surface area contributed by atoms with Gasteiger partial charge in [0.2, 0.25) is 0 Å². The lowest BCUT2D eigenvalue weighted by Gasteiger charge is -2.15. The molecule has 0 fully saturated rings. The van der Waals surface area contributed by atoms with Gasteiger partial charge in [0.1, 0.15) is 0 Å². The molecule has 2 N–H and O–H groups in total. The van der Waals surface area contributed by atoms with Gasteiger partial charge in [-0.3, -0.25) is 4.68 Å². The number of hydrogen-bond acceptors (Lipinski definition) is 2. The van der Waals surface area contributed by atoms with Crippen molar-refractivity contribution >= 4 is 28.8 Å². The van der Waals surface area contributed by atoms with Crippen LogP contribution in [0.2, 0.25) is 5.02 Å². The first-order valence-corrected chi connectivity index (χ1v) is 5.97. The van der Waals surface area contributed by atoms with E-state index >= 15 is 0 Å². The molecule has 17 heavy (non-hydrogen) atoms. The molecule has 0 saturated carbocycles. The van der Waals surface area contributed by atoms with E-state index in [4.69, 9.17) is 29.6 Å². The maximum Gasteiger partial charge on any atom is 0.0822 e. The Bertz CT molecular complexity index is 509. The molecule has 0 aliphatic heterocycles. The Labute approximate surface area is 110 Å². The summed E-state index contributed by atoms with van der Waals surface area (Å²) in [4.78, 5) is 0.461. The first kappa shape index (κ1) is 12.1. The molecule has 1 aromatic heterocycles. The standard InChI is InChI=1S/C12H12ClN3S/c13-10-6-15-16(7-10)8-11(12(14)17)9-4-2-1-3-5-9/h1-7,11H,8H2,(H2,14,17). The largest absolute Gasteiger partial charge is 0.393 e. The monoisotopic (exact) mass is 265 g/mol. The lowest BCUT2D eigenvalue weighted by atomic mass is 9.99. The molecule has 88 valence electrons. The third-order valence-electron chi connectivity index (χ3n) is 2.52. The quantitative estimate of drug-likeness (QED) is 0.865. The van der Waals surface area contributed by atoms with Crippen molar-refractivity contribution in [2.24, 2.45) is 5.73 Å². The van der Waals surface area contributed by atoms with Gasteiger partial charge in [-0.15, -0.1) is 0 Å². The Morgan fingerprint density at radius 2 is 2.12 bits per heavy atom. The van der Waals surface area contributed by atoms with Crippen LogP contribution in [0, 0.1) is 0 Å². The van der Waals surface area contributed by atoms with Crippen LogP contribution in [-0.4, -0.2) is 14.8 Å². The molecular weight excluding hydrogens is 254 g/mol. The Kier molecular flexibility index (Phi) is 3.76. The summed E-state index contributed by atoms with van der Waals surface area (Å²) in [5, 5.41) is 4.74. The first-order chi connectivity index (χ1) is 8.16. The van der Waals surface area contributed by atoms with E-state index in [1.807, 2.05) is 30.3 Å². The smallest absolute Gasteiger partial charge is 0.0822 e. The minimum Gasteiger partial charge on any atom is -0.393 e. The van der Waals surface area contributed by atoms with Crippen LogP contribution < -0.4 is 5.73 Å². The molecule has 5 heteroatoms. The molecule has 1 unspecified atom stereocenters. The molecule has 0 radical (unpaired) electrons. The number of rotatable bonds is 4. The highest BCUT2D eigenvalue weighted by molar-refractivity contribution is 7.80. The number of benzene rings is 1. The number of aromatic nitrogens is 2. The van der Waals surface area contributed by atoms with E-state index in [0.29, 0.717) is 16.6 Å². The summed E-state index contributed by atoms with van der Waals surface area (Å²) < 4.78 is 1.75. The molecule has 1 atom stereocenters. The van der Waals surface area contributed by atoms with Crippen molar-refractivity contribution in [1.82, 2.24) is 9.78 Å². The molecule has 3 nitrogen and oxygen atoms in total. The second-order valence-electron chi connectivity index (χ2n) is 3.75. The van der Waals surface area contributed by atoms with Crippen LogP contribution in [-0.2, 0) is 6.54 Å². The number of nitrogens with zero attached hydrogens (tertiary/aromatic N) is 2. The minimum atomic E-state index is -0.0258. The van der Waals surface area contributed by atoms with Gasteiger partial charge in [0.25, 0.3) is 0 Å². The fourth-order valence-corrected chi connectivity index (χ4v) is 2.04. The van der Waals surface area contributed by atoms with Gasteiger partial charge in [-0.2, -0.15) is 5.10 Å². The SMILES string of the molecule is NC(=S)C(Cn1cc(Cl)cn1)c1ccccc1. The van der Waals surface area contributed by atoms with E-state index in [-0.39, 0.29) is 5.92 Å². The van der Waals surface area contributed by atoms with Crippen LogP contribution in [0.4, 0.5) is 0 Å². The zero-order valence-corrected chi connectivity index (χ0v) is 10.7. The fraction of sp³-hybridized carbons (Fsp3) is 0.167. The average Bonchev–Trinajstić information content (AvgIpc) is 2.73. The molecule has 0 bridgehead atoms. The first-order valence-electron chi connectivity index (χ1n) is 5.19. The summed E-state index contributed by atoms with van der Waals surface area (Å²) in [5.41, 5.74) is 6.87. The average molecular weight is 266 g/mol. The van der Waals surface area contributed by atoms with E-state index < -0.39 is 0 Å². The predicted molar refractivity (Wildman–Crippen MR) is 73.2 cm³/mol. The topological polar surface area (TPSA) is 43.8 Å². The zero-order chi connectivity index (χ0) is 12.3. The molecule has 1 heterocycles. The van der Waals surface area contributed by atoms with Gasteiger partial charge >= 0.3 is 0 Å². The van der Waals surface area contributed by atoms with Crippen molar-refractivity contribution in [3.63, 3.8) is 0 Å². The van der Waals surface area contributed by atoms with Gasteiger partial charge in [0, 0.05) is 6.20 Å². The van der Waals surface area contributed by atoms with E-state index in [2.05, 4.69) is 5.10 Å². The molecule has 0 amide bonds. The second kappa shape index (κ2) is 5.29.